The van der Waals surface area contributed by atoms with Gasteiger partial charge < -0.3 is 9.47 Å². The fourth-order valence-electron chi connectivity index (χ4n) is 2.95. The quantitative estimate of drug-likeness (QED) is 0.769. The first kappa shape index (κ1) is 14.0. The van der Waals surface area contributed by atoms with Crippen molar-refractivity contribution in [3.05, 3.63) is 35.4 Å². The Labute approximate surface area is 119 Å². The van der Waals surface area contributed by atoms with E-state index in [9.17, 15) is 0 Å². The predicted molar refractivity (Wildman–Crippen MR) is 73.6 cm³/mol. The highest BCUT2D eigenvalue weighted by Gasteiger charge is 2.46. The van der Waals surface area contributed by atoms with Crippen LogP contribution in [-0.2, 0) is 19.2 Å². The number of fused-ring (bicyclic) bond motifs is 4. The molecule has 4 heteroatoms. The highest BCUT2D eigenvalue weighted by Crippen LogP contribution is 2.50. The van der Waals surface area contributed by atoms with Crippen molar-refractivity contribution in [2.45, 2.75) is 58.9 Å². The summed E-state index contributed by atoms with van der Waals surface area (Å²) in [6, 6.07) is 8.27. The molecule has 3 rings (SSSR count). The fourth-order valence-corrected chi connectivity index (χ4v) is 2.95. The molecule has 0 aliphatic carbocycles. The zero-order valence-corrected chi connectivity index (χ0v) is 12.5. The Morgan fingerprint density at radius 1 is 1.05 bits per heavy atom. The number of rotatable bonds is 2. The van der Waals surface area contributed by atoms with Crippen LogP contribution in [0.1, 0.15) is 57.5 Å². The van der Waals surface area contributed by atoms with Crippen LogP contribution in [0.5, 0.6) is 0 Å². The van der Waals surface area contributed by atoms with E-state index in [2.05, 4.69) is 39.0 Å². The third-order valence-electron chi connectivity index (χ3n) is 4.47. The van der Waals surface area contributed by atoms with Crippen LogP contribution >= 0.6 is 0 Å². The normalized spacial score (nSPS) is 33.4. The maximum absolute atomic E-state index is 5.98. The van der Waals surface area contributed by atoms with Gasteiger partial charge in [0.25, 0.3) is 0 Å². The summed E-state index contributed by atoms with van der Waals surface area (Å²) < 4.78 is 11.7. The second kappa shape index (κ2) is 5.11. The molecule has 1 fully saturated rings. The molecule has 1 saturated heterocycles. The molecule has 0 amide bonds. The van der Waals surface area contributed by atoms with Crippen molar-refractivity contribution >= 4 is 0 Å². The number of ether oxygens (including phenoxy) is 2. The number of hydrogen-bond acceptors (Lipinski definition) is 4. The third kappa shape index (κ3) is 2.27. The van der Waals surface area contributed by atoms with Crippen LogP contribution in [-0.4, -0.2) is 12.6 Å². The van der Waals surface area contributed by atoms with E-state index < -0.39 is 18.9 Å². The van der Waals surface area contributed by atoms with Crippen LogP contribution in [0.2, 0.25) is 0 Å². The summed E-state index contributed by atoms with van der Waals surface area (Å²) in [6.45, 7) is 8.46. The fraction of sp³-hybridized carbons (Fsp3) is 0.625. The highest BCUT2D eigenvalue weighted by atomic mass is 17.3. The minimum atomic E-state index is -0.443. The molecule has 4 nitrogen and oxygen atoms in total. The lowest BCUT2D eigenvalue weighted by Crippen LogP contribution is -2.39. The van der Waals surface area contributed by atoms with Crippen molar-refractivity contribution in [3.8, 4) is 0 Å². The zero-order valence-electron chi connectivity index (χ0n) is 12.5. The van der Waals surface area contributed by atoms with Crippen LogP contribution < -0.4 is 0 Å². The lowest BCUT2D eigenvalue weighted by molar-refractivity contribution is -0.402. The van der Waals surface area contributed by atoms with E-state index >= 15 is 0 Å². The van der Waals surface area contributed by atoms with Crippen molar-refractivity contribution in [2.75, 3.05) is 0 Å². The smallest absolute Gasteiger partial charge is 0.201 e. The van der Waals surface area contributed by atoms with Gasteiger partial charge in [-0.05, 0) is 17.9 Å². The first-order valence-corrected chi connectivity index (χ1v) is 7.25. The van der Waals surface area contributed by atoms with Crippen molar-refractivity contribution in [1.82, 2.24) is 0 Å². The molecule has 110 valence electrons. The monoisotopic (exact) mass is 278 g/mol. The Morgan fingerprint density at radius 3 is 2.45 bits per heavy atom. The Morgan fingerprint density at radius 2 is 1.75 bits per heavy atom. The molecular weight excluding hydrogens is 256 g/mol. The van der Waals surface area contributed by atoms with E-state index in [1.165, 1.54) is 5.56 Å². The molecular formula is C16H22O4. The van der Waals surface area contributed by atoms with Crippen LogP contribution in [0.3, 0.4) is 0 Å². The van der Waals surface area contributed by atoms with Gasteiger partial charge in [0.1, 0.15) is 0 Å². The first-order valence-electron chi connectivity index (χ1n) is 7.25. The average Bonchev–Trinajstić information content (AvgIpc) is 2.59. The number of hydrogen-bond donors (Lipinski definition) is 0. The topological polar surface area (TPSA) is 36.9 Å². The van der Waals surface area contributed by atoms with Crippen molar-refractivity contribution in [3.63, 3.8) is 0 Å². The van der Waals surface area contributed by atoms with Crippen LogP contribution in [0.25, 0.3) is 0 Å². The van der Waals surface area contributed by atoms with Gasteiger partial charge in [0.2, 0.25) is 6.29 Å². The molecule has 2 heterocycles. The van der Waals surface area contributed by atoms with Gasteiger partial charge in [0.15, 0.2) is 12.6 Å². The molecule has 1 aromatic rings. The zero-order chi connectivity index (χ0) is 14.3. The third-order valence-corrected chi connectivity index (χ3v) is 4.47. The molecule has 4 atom stereocenters. The van der Waals surface area contributed by atoms with Gasteiger partial charge >= 0.3 is 0 Å². The largest absolute Gasteiger partial charge is 0.317 e. The Bertz CT molecular complexity index is 485. The van der Waals surface area contributed by atoms with Gasteiger partial charge in [-0.2, -0.15) is 0 Å². The van der Waals surface area contributed by atoms with Crippen LogP contribution in [0.4, 0.5) is 0 Å². The van der Waals surface area contributed by atoms with E-state index in [1.54, 1.807) is 0 Å². The molecule has 0 N–H and O–H groups in total. The van der Waals surface area contributed by atoms with E-state index in [4.69, 9.17) is 19.2 Å². The summed E-state index contributed by atoms with van der Waals surface area (Å²) in [4.78, 5) is 10.8. The van der Waals surface area contributed by atoms with Crippen LogP contribution in [0.15, 0.2) is 24.3 Å². The number of benzene rings is 1. The molecule has 0 spiro atoms. The molecule has 1 aromatic carbocycles. The summed E-state index contributed by atoms with van der Waals surface area (Å²) in [7, 11) is 0. The van der Waals surface area contributed by atoms with E-state index in [1.807, 2.05) is 13.0 Å². The second-order valence-corrected chi connectivity index (χ2v) is 6.18. The maximum atomic E-state index is 5.98. The lowest BCUT2D eigenvalue weighted by atomic mass is 9.70. The van der Waals surface area contributed by atoms with E-state index in [0.29, 0.717) is 0 Å². The summed E-state index contributed by atoms with van der Waals surface area (Å²) in [5, 5.41) is 0. The summed E-state index contributed by atoms with van der Waals surface area (Å²) in [5.74, 6) is 0.119. The SMILES string of the molecule is CCC(C)(C)[C@H]1c2ccccc2[C@@H]2OC(C)OO[C@H]1O2. The van der Waals surface area contributed by atoms with Gasteiger partial charge in [0, 0.05) is 11.5 Å². The maximum Gasteiger partial charge on any atom is 0.201 e. The van der Waals surface area contributed by atoms with Crippen molar-refractivity contribution < 1.29 is 19.2 Å². The molecule has 2 bridgehead atoms. The Hall–Kier alpha value is -0.940. The molecule has 0 saturated carbocycles. The molecule has 0 radical (unpaired) electrons. The molecule has 2 aliphatic rings. The lowest BCUT2D eigenvalue weighted by Gasteiger charge is -2.42. The molecule has 1 unspecified atom stereocenters. The van der Waals surface area contributed by atoms with Gasteiger partial charge in [-0.15, -0.1) is 0 Å². The second-order valence-electron chi connectivity index (χ2n) is 6.18. The summed E-state index contributed by atoms with van der Waals surface area (Å²) >= 11 is 0. The Kier molecular flexibility index (Phi) is 3.58. The summed E-state index contributed by atoms with van der Waals surface area (Å²) in [6.07, 6.45) is -0.273. The van der Waals surface area contributed by atoms with Gasteiger partial charge in [-0.1, -0.05) is 51.5 Å². The van der Waals surface area contributed by atoms with Crippen molar-refractivity contribution in [1.29, 1.82) is 0 Å². The minimum Gasteiger partial charge on any atom is -0.317 e. The van der Waals surface area contributed by atoms with E-state index in [-0.39, 0.29) is 11.3 Å². The standard InChI is InChI=1S/C16H22O4/c1-5-16(3,4)13-11-8-6-7-9-12(11)14-17-10(2)19-20-15(13)18-14/h6-10,13-15H,5H2,1-4H3/t10?,13-,14+,15+/m0/s1. The highest BCUT2D eigenvalue weighted by molar-refractivity contribution is 5.35. The Balaban J connectivity index is 2.09. The van der Waals surface area contributed by atoms with Gasteiger partial charge in [0.05, 0.1) is 0 Å². The predicted octanol–water partition coefficient (Wildman–Crippen LogP) is 3.89. The van der Waals surface area contributed by atoms with Crippen molar-refractivity contribution in [2.24, 2.45) is 5.41 Å². The molecule has 0 aromatic heterocycles. The molecule has 20 heavy (non-hydrogen) atoms. The van der Waals surface area contributed by atoms with Crippen LogP contribution in [0, 0.1) is 5.41 Å². The van der Waals surface area contributed by atoms with E-state index in [0.717, 1.165) is 12.0 Å². The van der Waals surface area contributed by atoms with Gasteiger partial charge in [-0.3, -0.25) is 0 Å². The van der Waals surface area contributed by atoms with Gasteiger partial charge in [-0.25, -0.2) is 9.78 Å². The first-order chi connectivity index (χ1) is 9.53. The summed E-state index contributed by atoms with van der Waals surface area (Å²) in [5.41, 5.74) is 2.36. The molecule has 2 aliphatic heterocycles. The average molecular weight is 278 g/mol. The minimum absolute atomic E-state index is 0.0443.